The first-order valence-electron chi connectivity index (χ1n) is 5.76. The Morgan fingerprint density at radius 2 is 1.17 bits per heavy atom. The van der Waals surface area contributed by atoms with Crippen LogP contribution < -0.4 is 0 Å². The molecule has 0 spiro atoms. The van der Waals surface area contributed by atoms with E-state index in [2.05, 4.69) is 0 Å². The van der Waals surface area contributed by atoms with E-state index in [1.54, 1.807) is 12.1 Å². The van der Waals surface area contributed by atoms with E-state index in [1.807, 2.05) is 30.3 Å². The van der Waals surface area contributed by atoms with Crippen LogP contribution in [0.3, 0.4) is 0 Å². The molecule has 0 saturated heterocycles. The molecule has 0 aliphatic carbocycles. The molecule has 0 fully saturated rings. The Balaban J connectivity index is 1.99. The van der Waals surface area contributed by atoms with Crippen molar-refractivity contribution in [2.45, 2.75) is 19.0 Å². The molecule has 3 heteroatoms. The van der Waals surface area contributed by atoms with Gasteiger partial charge in [-0.15, -0.1) is 0 Å². The summed E-state index contributed by atoms with van der Waals surface area (Å²) in [5.74, 6) is 0. The second-order valence-corrected chi connectivity index (χ2v) is 4.18. The highest BCUT2D eigenvalue weighted by Crippen LogP contribution is 2.29. The molecule has 0 aliphatic heterocycles. The van der Waals surface area contributed by atoms with Crippen molar-refractivity contribution in [3.63, 3.8) is 0 Å². The monoisotopic (exact) mass is 250 g/mol. The number of hydrogen-bond donors (Lipinski definition) is 0. The molecule has 2 aromatic rings. The fraction of sp³-hybridized carbons (Fsp3) is 0.200. The molecular weight excluding hydrogens is 237 g/mol. The first-order chi connectivity index (χ1) is 8.55. The first-order valence-corrected chi connectivity index (χ1v) is 5.76. The van der Waals surface area contributed by atoms with Crippen molar-refractivity contribution < 1.29 is 13.2 Å². The molecule has 0 aliphatic rings. The van der Waals surface area contributed by atoms with E-state index in [0.29, 0.717) is 0 Å². The van der Waals surface area contributed by atoms with Crippen molar-refractivity contribution in [2.24, 2.45) is 0 Å². The van der Waals surface area contributed by atoms with Gasteiger partial charge in [-0.1, -0.05) is 42.5 Å². The van der Waals surface area contributed by atoms with Crippen LogP contribution >= 0.6 is 0 Å². The van der Waals surface area contributed by atoms with Crippen LogP contribution in [-0.4, -0.2) is 0 Å². The van der Waals surface area contributed by atoms with Gasteiger partial charge >= 0.3 is 6.18 Å². The summed E-state index contributed by atoms with van der Waals surface area (Å²) in [5, 5.41) is 0. The largest absolute Gasteiger partial charge is 0.416 e. The van der Waals surface area contributed by atoms with Crippen LogP contribution in [0.5, 0.6) is 0 Å². The molecule has 0 radical (unpaired) electrons. The summed E-state index contributed by atoms with van der Waals surface area (Å²) in [6.07, 6.45) is -2.66. The Bertz CT molecular complexity index is 483. The summed E-state index contributed by atoms with van der Waals surface area (Å²) in [6, 6.07) is 15.3. The van der Waals surface area contributed by atoms with Crippen LogP contribution in [0.4, 0.5) is 13.2 Å². The van der Waals surface area contributed by atoms with Gasteiger partial charge in [-0.05, 0) is 36.1 Å². The Labute approximate surface area is 104 Å². The SMILES string of the molecule is FC(F)(F)c1ccc(CCc2ccccc2)cc1. The minimum atomic E-state index is -4.25. The van der Waals surface area contributed by atoms with Gasteiger partial charge in [-0.3, -0.25) is 0 Å². The van der Waals surface area contributed by atoms with Gasteiger partial charge in [-0.2, -0.15) is 13.2 Å². The molecule has 0 saturated carbocycles. The van der Waals surface area contributed by atoms with E-state index >= 15 is 0 Å². The third-order valence-electron chi connectivity index (χ3n) is 2.83. The molecule has 0 unspecified atom stereocenters. The Morgan fingerprint density at radius 3 is 1.67 bits per heavy atom. The summed E-state index contributed by atoms with van der Waals surface area (Å²) >= 11 is 0. The van der Waals surface area contributed by atoms with Crippen LogP contribution in [0.2, 0.25) is 0 Å². The van der Waals surface area contributed by atoms with Gasteiger partial charge in [0.05, 0.1) is 5.56 Å². The van der Waals surface area contributed by atoms with Gasteiger partial charge < -0.3 is 0 Å². The molecule has 0 heterocycles. The molecule has 0 N–H and O–H groups in total. The zero-order valence-electron chi connectivity index (χ0n) is 9.74. The Hall–Kier alpha value is -1.77. The van der Waals surface area contributed by atoms with Crippen molar-refractivity contribution >= 4 is 0 Å². The molecule has 0 bridgehead atoms. The van der Waals surface area contributed by atoms with E-state index in [-0.39, 0.29) is 0 Å². The predicted octanol–water partition coefficient (Wildman–Crippen LogP) is 4.49. The van der Waals surface area contributed by atoms with E-state index in [4.69, 9.17) is 0 Å². The van der Waals surface area contributed by atoms with Gasteiger partial charge in [0.15, 0.2) is 0 Å². The Kier molecular flexibility index (Phi) is 3.70. The lowest BCUT2D eigenvalue weighted by atomic mass is 10.0. The summed E-state index contributed by atoms with van der Waals surface area (Å²) < 4.78 is 37.1. The molecule has 2 aromatic carbocycles. The molecule has 0 nitrogen and oxygen atoms in total. The van der Waals surface area contributed by atoms with Gasteiger partial charge in [0.25, 0.3) is 0 Å². The highest BCUT2D eigenvalue weighted by atomic mass is 19.4. The molecule has 0 atom stereocenters. The number of rotatable bonds is 3. The standard InChI is InChI=1S/C15H13F3/c16-15(17,18)14-10-8-13(9-11-14)7-6-12-4-2-1-3-5-12/h1-5,8-11H,6-7H2. The summed E-state index contributed by atoms with van der Waals surface area (Å²) in [5.41, 5.74) is 1.52. The van der Waals surface area contributed by atoms with Gasteiger partial charge in [0, 0.05) is 0 Å². The number of halogens is 3. The summed E-state index contributed by atoms with van der Waals surface area (Å²) in [7, 11) is 0. The van der Waals surface area contributed by atoms with Gasteiger partial charge in [0.1, 0.15) is 0 Å². The average Bonchev–Trinajstić information content (AvgIpc) is 2.37. The number of benzene rings is 2. The molecule has 18 heavy (non-hydrogen) atoms. The van der Waals surface area contributed by atoms with Gasteiger partial charge in [-0.25, -0.2) is 0 Å². The van der Waals surface area contributed by atoms with Crippen molar-refractivity contribution in [2.75, 3.05) is 0 Å². The summed E-state index contributed by atoms with van der Waals surface area (Å²) in [4.78, 5) is 0. The topological polar surface area (TPSA) is 0 Å². The lowest BCUT2D eigenvalue weighted by Gasteiger charge is -2.07. The van der Waals surface area contributed by atoms with E-state index in [9.17, 15) is 13.2 Å². The molecule has 2 rings (SSSR count). The lowest BCUT2D eigenvalue weighted by molar-refractivity contribution is -0.137. The number of aryl methyl sites for hydroxylation is 2. The number of alkyl halides is 3. The van der Waals surface area contributed by atoms with Gasteiger partial charge in [0.2, 0.25) is 0 Å². The van der Waals surface area contributed by atoms with E-state index < -0.39 is 11.7 Å². The quantitative estimate of drug-likeness (QED) is 0.752. The maximum absolute atomic E-state index is 12.4. The van der Waals surface area contributed by atoms with Crippen molar-refractivity contribution in [1.29, 1.82) is 0 Å². The van der Waals surface area contributed by atoms with Crippen molar-refractivity contribution in [1.82, 2.24) is 0 Å². The zero-order chi connectivity index (χ0) is 13.0. The fourth-order valence-electron chi connectivity index (χ4n) is 1.79. The number of hydrogen-bond acceptors (Lipinski definition) is 0. The highest BCUT2D eigenvalue weighted by molar-refractivity contribution is 5.26. The predicted molar refractivity (Wildman–Crippen MR) is 65.3 cm³/mol. The molecule has 0 amide bonds. The minimum absolute atomic E-state index is 0.592. The van der Waals surface area contributed by atoms with Crippen LogP contribution in [0.1, 0.15) is 16.7 Å². The third kappa shape index (κ3) is 3.36. The van der Waals surface area contributed by atoms with Crippen LogP contribution in [-0.2, 0) is 19.0 Å². The van der Waals surface area contributed by atoms with Crippen molar-refractivity contribution in [3.8, 4) is 0 Å². The van der Waals surface area contributed by atoms with E-state index in [0.717, 1.165) is 30.5 Å². The second kappa shape index (κ2) is 5.25. The Morgan fingerprint density at radius 1 is 0.667 bits per heavy atom. The van der Waals surface area contributed by atoms with Crippen LogP contribution in [0, 0.1) is 0 Å². The zero-order valence-corrected chi connectivity index (χ0v) is 9.74. The second-order valence-electron chi connectivity index (χ2n) is 4.18. The van der Waals surface area contributed by atoms with Crippen LogP contribution in [0.15, 0.2) is 54.6 Å². The molecular formula is C15H13F3. The van der Waals surface area contributed by atoms with E-state index in [1.165, 1.54) is 5.56 Å². The first kappa shape index (κ1) is 12.7. The molecule has 0 aromatic heterocycles. The van der Waals surface area contributed by atoms with Crippen molar-refractivity contribution in [3.05, 3.63) is 71.3 Å². The third-order valence-corrected chi connectivity index (χ3v) is 2.83. The highest BCUT2D eigenvalue weighted by Gasteiger charge is 2.29. The summed E-state index contributed by atoms with van der Waals surface area (Å²) in [6.45, 7) is 0. The fourth-order valence-corrected chi connectivity index (χ4v) is 1.79. The van der Waals surface area contributed by atoms with Crippen LogP contribution in [0.25, 0.3) is 0 Å². The normalized spacial score (nSPS) is 11.5. The lowest BCUT2D eigenvalue weighted by Crippen LogP contribution is -2.04. The smallest absolute Gasteiger partial charge is 0.166 e. The molecule has 94 valence electrons. The minimum Gasteiger partial charge on any atom is -0.166 e. The maximum Gasteiger partial charge on any atom is 0.416 e. The maximum atomic E-state index is 12.4. The average molecular weight is 250 g/mol.